The number of aryl methyl sites for hydroxylation is 1. The molecule has 0 aliphatic heterocycles. The van der Waals surface area contributed by atoms with E-state index in [1.807, 2.05) is 25.1 Å². The topological polar surface area (TPSA) is 79.8 Å². The molecule has 0 aliphatic rings. The van der Waals surface area contributed by atoms with Crippen molar-refractivity contribution in [1.29, 1.82) is 0 Å². The fourth-order valence-corrected chi connectivity index (χ4v) is 2.31. The van der Waals surface area contributed by atoms with E-state index in [9.17, 15) is 4.79 Å². The minimum atomic E-state index is -0.286. The molecule has 3 rings (SSSR count). The van der Waals surface area contributed by atoms with E-state index in [1.165, 1.54) is 12.4 Å². The lowest BCUT2D eigenvalue weighted by atomic mass is 10.2. The molecule has 0 fully saturated rings. The number of carbonyl (C=O) groups is 1. The number of pyridine rings is 1. The monoisotopic (exact) mass is 353 g/mol. The number of aromatic nitrogens is 3. The lowest BCUT2D eigenvalue weighted by Gasteiger charge is -2.09. The van der Waals surface area contributed by atoms with Crippen LogP contribution in [0.5, 0.6) is 0 Å². The lowest BCUT2D eigenvalue weighted by molar-refractivity contribution is 0.102. The first-order valence-corrected chi connectivity index (χ1v) is 8.02. The third kappa shape index (κ3) is 4.51. The Hall–Kier alpha value is -2.99. The van der Waals surface area contributed by atoms with Gasteiger partial charge in [-0.2, -0.15) is 0 Å². The average Bonchev–Trinajstić information content (AvgIpc) is 2.64. The van der Waals surface area contributed by atoms with Crippen molar-refractivity contribution in [3.63, 3.8) is 0 Å². The predicted molar refractivity (Wildman–Crippen MR) is 97.7 cm³/mol. The maximum absolute atomic E-state index is 12.3. The van der Waals surface area contributed by atoms with Crippen LogP contribution in [0.3, 0.4) is 0 Å². The van der Waals surface area contributed by atoms with Crippen LogP contribution >= 0.6 is 11.6 Å². The normalized spacial score (nSPS) is 10.3. The zero-order valence-electron chi connectivity index (χ0n) is 13.5. The number of halogens is 1. The van der Waals surface area contributed by atoms with E-state index in [2.05, 4.69) is 25.6 Å². The van der Waals surface area contributed by atoms with Crippen molar-refractivity contribution in [2.24, 2.45) is 0 Å². The molecule has 2 heterocycles. The van der Waals surface area contributed by atoms with Crippen molar-refractivity contribution in [2.75, 3.05) is 10.6 Å². The second kappa shape index (κ2) is 7.72. The van der Waals surface area contributed by atoms with E-state index in [-0.39, 0.29) is 5.91 Å². The molecule has 2 N–H and O–H groups in total. The smallest absolute Gasteiger partial charge is 0.258 e. The molecular weight excluding hydrogens is 338 g/mol. The summed E-state index contributed by atoms with van der Waals surface area (Å²) in [6, 6.07) is 9.14. The summed E-state index contributed by atoms with van der Waals surface area (Å²) in [5, 5.41) is 6.47. The van der Waals surface area contributed by atoms with Crippen LogP contribution in [0.4, 0.5) is 11.6 Å². The predicted octanol–water partition coefficient (Wildman–Crippen LogP) is 3.70. The highest BCUT2D eigenvalue weighted by molar-refractivity contribution is 6.31. The summed E-state index contributed by atoms with van der Waals surface area (Å²) in [6.45, 7) is 2.48. The number of amides is 1. The Balaban J connectivity index is 1.63. The second-order valence-electron chi connectivity index (χ2n) is 5.42. The summed E-state index contributed by atoms with van der Waals surface area (Å²) in [5.74, 6) is 0.165. The van der Waals surface area contributed by atoms with Gasteiger partial charge in [0.05, 0.1) is 5.56 Å². The van der Waals surface area contributed by atoms with E-state index < -0.39 is 0 Å². The summed E-state index contributed by atoms with van der Waals surface area (Å²) < 4.78 is 0. The van der Waals surface area contributed by atoms with Gasteiger partial charge < -0.3 is 10.6 Å². The Labute approximate surface area is 150 Å². The second-order valence-corrected chi connectivity index (χ2v) is 5.85. The molecule has 1 aromatic carbocycles. The first-order chi connectivity index (χ1) is 12.1. The number of benzene rings is 1. The fraction of sp³-hybridized carbons (Fsp3) is 0.111. The summed E-state index contributed by atoms with van der Waals surface area (Å²) in [7, 11) is 0. The van der Waals surface area contributed by atoms with Crippen LogP contribution in [0.2, 0.25) is 5.02 Å². The maximum atomic E-state index is 12.3. The number of carbonyl (C=O) groups excluding carboxylic acids is 1. The van der Waals surface area contributed by atoms with Gasteiger partial charge in [-0.25, -0.2) is 9.97 Å². The molecule has 6 nitrogen and oxygen atoms in total. The highest BCUT2D eigenvalue weighted by atomic mass is 35.5. The molecule has 2 aromatic heterocycles. The summed E-state index contributed by atoms with van der Waals surface area (Å²) in [5.41, 5.74) is 3.03. The zero-order valence-corrected chi connectivity index (χ0v) is 14.3. The number of hydrogen-bond donors (Lipinski definition) is 2. The van der Waals surface area contributed by atoms with Gasteiger partial charge in [0.25, 0.3) is 5.91 Å². The average molecular weight is 354 g/mol. The van der Waals surface area contributed by atoms with E-state index in [0.29, 0.717) is 28.8 Å². The van der Waals surface area contributed by atoms with Crippen LogP contribution in [0.15, 0.2) is 55.1 Å². The van der Waals surface area contributed by atoms with Crippen LogP contribution in [-0.2, 0) is 6.54 Å². The van der Waals surface area contributed by atoms with Gasteiger partial charge >= 0.3 is 0 Å². The van der Waals surface area contributed by atoms with E-state index in [4.69, 9.17) is 11.6 Å². The van der Waals surface area contributed by atoms with Crippen molar-refractivity contribution in [3.8, 4) is 0 Å². The molecule has 3 aromatic rings. The van der Waals surface area contributed by atoms with Gasteiger partial charge in [0.1, 0.15) is 0 Å². The largest absolute Gasteiger partial charge is 0.350 e. The third-order valence-corrected chi connectivity index (χ3v) is 3.80. The molecule has 0 aliphatic carbocycles. The van der Waals surface area contributed by atoms with Crippen molar-refractivity contribution in [1.82, 2.24) is 15.0 Å². The minimum absolute atomic E-state index is 0.286. The van der Waals surface area contributed by atoms with Crippen LogP contribution in [-0.4, -0.2) is 20.9 Å². The van der Waals surface area contributed by atoms with Crippen molar-refractivity contribution in [3.05, 3.63) is 76.8 Å². The van der Waals surface area contributed by atoms with Crippen LogP contribution < -0.4 is 10.6 Å². The standard InChI is InChI=1S/C18H16ClN5O/c1-12-2-3-15(19)8-16(12)24-17(25)14-10-22-18(23-11-14)21-9-13-4-6-20-7-5-13/h2-8,10-11H,9H2,1H3,(H,24,25)(H,21,22,23). The molecule has 0 spiro atoms. The number of anilines is 2. The first kappa shape index (κ1) is 16.9. The highest BCUT2D eigenvalue weighted by Crippen LogP contribution is 2.20. The number of nitrogens with zero attached hydrogens (tertiary/aromatic N) is 3. The summed E-state index contributed by atoms with van der Waals surface area (Å²) in [6.07, 6.45) is 6.42. The third-order valence-electron chi connectivity index (χ3n) is 3.56. The molecular formula is C18H16ClN5O. The number of nitrogens with one attached hydrogen (secondary N) is 2. The van der Waals surface area contributed by atoms with Crippen molar-refractivity contribution in [2.45, 2.75) is 13.5 Å². The zero-order chi connectivity index (χ0) is 17.6. The molecule has 0 unspecified atom stereocenters. The van der Waals surface area contributed by atoms with Gasteiger partial charge in [0.15, 0.2) is 0 Å². The molecule has 1 amide bonds. The van der Waals surface area contributed by atoms with Gasteiger partial charge in [-0.1, -0.05) is 17.7 Å². The van der Waals surface area contributed by atoms with E-state index >= 15 is 0 Å². The van der Waals surface area contributed by atoms with Gasteiger partial charge in [-0.3, -0.25) is 9.78 Å². The van der Waals surface area contributed by atoms with Crippen molar-refractivity contribution >= 4 is 29.1 Å². The summed E-state index contributed by atoms with van der Waals surface area (Å²) in [4.78, 5) is 24.6. The Morgan fingerprint density at radius 1 is 1.12 bits per heavy atom. The SMILES string of the molecule is Cc1ccc(Cl)cc1NC(=O)c1cnc(NCc2ccncc2)nc1. The fourth-order valence-electron chi connectivity index (χ4n) is 2.14. The molecule has 0 bridgehead atoms. The maximum Gasteiger partial charge on any atom is 0.258 e. The van der Waals surface area contributed by atoms with E-state index in [1.54, 1.807) is 24.5 Å². The van der Waals surface area contributed by atoms with Crippen LogP contribution in [0.25, 0.3) is 0 Å². The highest BCUT2D eigenvalue weighted by Gasteiger charge is 2.09. The van der Waals surface area contributed by atoms with Gasteiger partial charge in [-0.05, 0) is 42.3 Å². The Morgan fingerprint density at radius 2 is 1.84 bits per heavy atom. The van der Waals surface area contributed by atoms with Gasteiger partial charge in [0.2, 0.25) is 5.95 Å². The Kier molecular flexibility index (Phi) is 5.20. The van der Waals surface area contributed by atoms with Crippen molar-refractivity contribution < 1.29 is 4.79 Å². The van der Waals surface area contributed by atoms with E-state index in [0.717, 1.165) is 11.1 Å². The Morgan fingerprint density at radius 3 is 2.56 bits per heavy atom. The molecule has 0 saturated heterocycles. The van der Waals surface area contributed by atoms with Gasteiger partial charge in [-0.15, -0.1) is 0 Å². The quantitative estimate of drug-likeness (QED) is 0.731. The molecule has 0 radical (unpaired) electrons. The molecule has 0 atom stereocenters. The number of hydrogen-bond acceptors (Lipinski definition) is 5. The molecule has 126 valence electrons. The van der Waals surface area contributed by atoms with Crippen LogP contribution in [0.1, 0.15) is 21.5 Å². The van der Waals surface area contributed by atoms with Gasteiger partial charge in [0, 0.05) is 42.0 Å². The lowest BCUT2D eigenvalue weighted by Crippen LogP contribution is -2.14. The first-order valence-electron chi connectivity index (χ1n) is 7.64. The molecule has 25 heavy (non-hydrogen) atoms. The number of rotatable bonds is 5. The molecule has 0 saturated carbocycles. The minimum Gasteiger partial charge on any atom is -0.350 e. The summed E-state index contributed by atoms with van der Waals surface area (Å²) >= 11 is 5.96. The molecule has 7 heteroatoms. The Bertz CT molecular complexity index is 868. The van der Waals surface area contributed by atoms with Crippen LogP contribution in [0, 0.1) is 6.92 Å².